The number of carbonyl (C=O) groups is 3. The van der Waals surface area contributed by atoms with Crippen LogP contribution in [-0.2, 0) is 15.3 Å². The molecule has 2 N–H and O–H groups in total. The van der Waals surface area contributed by atoms with Gasteiger partial charge < -0.3 is 10.1 Å². The zero-order chi connectivity index (χ0) is 18.8. The van der Waals surface area contributed by atoms with Crippen LogP contribution >= 0.6 is 23.1 Å². The summed E-state index contributed by atoms with van der Waals surface area (Å²) in [5, 5.41) is 6.90. The number of thioether (sulfide) groups is 1. The number of nitrogens with one attached hydrogen (secondary N) is 2. The second-order valence-electron chi connectivity index (χ2n) is 5.30. The van der Waals surface area contributed by atoms with Crippen LogP contribution in [0, 0.1) is 0 Å². The van der Waals surface area contributed by atoms with Gasteiger partial charge in [-0.3, -0.25) is 14.9 Å². The molecule has 138 valence electrons. The number of amides is 3. The summed E-state index contributed by atoms with van der Waals surface area (Å²) in [4.78, 5) is 35.1. The predicted molar refractivity (Wildman–Crippen MR) is 105 cm³/mol. The van der Waals surface area contributed by atoms with Crippen molar-refractivity contribution in [3.63, 3.8) is 0 Å². The Morgan fingerprint density at radius 3 is 2.65 bits per heavy atom. The number of hydrogen-bond acceptors (Lipinski definition) is 6. The summed E-state index contributed by atoms with van der Waals surface area (Å²) in [5.74, 6) is 1.04. The quantitative estimate of drug-likeness (QED) is 0.666. The monoisotopic (exact) mass is 392 g/mol. The smallest absolute Gasteiger partial charge is 0.413 e. The molecule has 1 aromatic carbocycles. The first-order chi connectivity index (χ1) is 12.6. The van der Waals surface area contributed by atoms with E-state index < -0.39 is 12.0 Å². The first-order valence-corrected chi connectivity index (χ1v) is 10.0. The van der Waals surface area contributed by atoms with Gasteiger partial charge >= 0.3 is 6.09 Å². The zero-order valence-corrected chi connectivity index (χ0v) is 16.0. The molecule has 0 aliphatic carbocycles. The average molecular weight is 393 g/mol. The molecule has 26 heavy (non-hydrogen) atoms. The van der Waals surface area contributed by atoms with Crippen molar-refractivity contribution in [3.05, 3.63) is 52.9 Å². The minimum Gasteiger partial charge on any atom is -0.453 e. The number of thiophene rings is 1. The number of rotatable bonds is 8. The predicted octanol–water partition coefficient (Wildman–Crippen LogP) is 3.90. The van der Waals surface area contributed by atoms with E-state index in [0.29, 0.717) is 11.4 Å². The van der Waals surface area contributed by atoms with Crippen molar-refractivity contribution in [2.24, 2.45) is 0 Å². The van der Waals surface area contributed by atoms with Gasteiger partial charge in [0.25, 0.3) is 5.91 Å². The van der Waals surface area contributed by atoms with Crippen LogP contribution in [0.15, 0.2) is 41.8 Å². The normalized spacial score (nSPS) is 10.2. The van der Waals surface area contributed by atoms with E-state index in [0.717, 1.165) is 17.9 Å². The standard InChI is InChI=1S/C18H20N2O4S2/c1-24-18(23)20-16(22)14-9-11-26-17(14)19-15(21)8-5-10-25-12-13-6-3-2-4-7-13/h2-4,6-7,9,11H,5,8,10,12H2,1H3,(H,19,21)(H,20,22,23). The molecule has 0 aliphatic rings. The van der Waals surface area contributed by atoms with Crippen molar-refractivity contribution >= 4 is 46.0 Å². The lowest BCUT2D eigenvalue weighted by molar-refractivity contribution is -0.116. The molecule has 0 saturated heterocycles. The SMILES string of the molecule is COC(=O)NC(=O)c1ccsc1NC(=O)CCCSCc1ccccc1. The molecule has 1 aromatic heterocycles. The minimum atomic E-state index is -0.839. The molecule has 3 amide bonds. The van der Waals surface area contributed by atoms with Crippen LogP contribution in [0.1, 0.15) is 28.8 Å². The molecule has 0 unspecified atom stereocenters. The molecule has 2 rings (SSSR count). The second kappa shape index (κ2) is 10.6. The van der Waals surface area contributed by atoms with Crippen LogP contribution in [0.2, 0.25) is 0 Å². The van der Waals surface area contributed by atoms with Crippen molar-refractivity contribution in [2.75, 3.05) is 18.2 Å². The third kappa shape index (κ3) is 6.53. The topological polar surface area (TPSA) is 84.5 Å². The number of imide groups is 1. The number of carbonyl (C=O) groups excluding carboxylic acids is 3. The van der Waals surface area contributed by atoms with E-state index in [1.807, 2.05) is 18.2 Å². The summed E-state index contributed by atoms with van der Waals surface area (Å²) in [7, 11) is 1.18. The summed E-state index contributed by atoms with van der Waals surface area (Å²) in [6.07, 6.45) is 0.282. The Labute approximate surface area is 160 Å². The lowest BCUT2D eigenvalue weighted by atomic mass is 10.2. The van der Waals surface area contributed by atoms with Gasteiger partial charge in [0, 0.05) is 12.2 Å². The lowest BCUT2D eigenvalue weighted by Gasteiger charge is -2.06. The molecule has 0 fully saturated rings. The molecule has 6 nitrogen and oxygen atoms in total. The fourth-order valence-electron chi connectivity index (χ4n) is 2.08. The summed E-state index contributed by atoms with van der Waals surface area (Å²) in [6.45, 7) is 0. The first kappa shape index (κ1) is 20.0. The highest BCUT2D eigenvalue weighted by molar-refractivity contribution is 7.98. The third-order valence-electron chi connectivity index (χ3n) is 3.37. The summed E-state index contributed by atoms with van der Waals surface area (Å²) < 4.78 is 4.39. The van der Waals surface area contributed by atoms with Crippen LogP contribution in [0.3, 0.4) is 0 Å². The molecular weight excluding hydrogens is 372 g/mol. The Hall–Kier alpha value is -2.32. The summed E-state index contributed by atoms with van der Waals surface area (Å²) in [6, 6.07) is 11.7. The van der Waals surface area contributed by atoms with E-state index in [2.05, 4.69) is 27.5 Å². The fourth-order valence-corrected chi connectivity index (χ4v) is 3.81. The van der Waals surface area contributed by atoms with Gasteiger partial charge in [0.1, 0.15) is 5.00 Å². The first-order valence-electron chi connectivity index (χ1n) is 7.98. The van der Waals surface area contributed by atoms with E-state index in [9.17, 15) is 14.4 Å². The Balaban J connectivity index is 1.72. The van der Waals surface area contributed by atoms with Gasteiger partial charge in [0.15, 0.2) is 0 Å². The van der Waals surface area contributed by atoms with E-state index in [-0.39, 0.29) is 11.5 Å². The fraction of sp³-hybridized carbons (Fsp3) is 0.278. The third-order valence-corrected chi connectivity index (χ3v) is 5.31. The van der Waals surface area contributed by atoms with Gasteiger partial charge in [0.05, 0.1) is 12.7 Å². The highest BCUT2D eigenvalue weighted by Gasteiger charge is 2.17. The Morgan fingerprint density at radius 2 is 1.92 bits per heavy atom. The van der Waals surface area contributed by atoms with E-state index in [1.165, 1.54) is 24.0 Å². The molecule has 8 heteroatoms. The highest BCUT2D eigenvalue weighted by Crippen LogP contribution is 2.23. The zero-order valence-electron chi connectivity index (χ0n) is 14.3. The van der Waals surface area contributed by atoms with Crippen molar-refractivity contribution < 1.29 is 19.1 Å². The molecule has 0 saturated carbocycles. The number of ether oxygens (including phenoxy) is 1. The maximum Gasteiger partial charge on any atom is 0.413 e. The Morgan fingerprint density at radius 1 is 1.15 bits per heavy atom. The number of methoxy groups -OCH3 is 1. The van der Waals surface area contributed by atoms with Crippen molar-refractivity contribution in [1.29, 1.82) is 0 Å². The lowest BCUT2D eigenvalue weighted by Crippen LogP contribution is -2.30. The van der Waals surface area contributed by atoms with Crippen molar-refractivity contribution in [3.8, 4) is 0 Å². The minimum absolute atomic E-state index is 0.153. The second-order valence-corrected chi connectivity index (χ2v) is 7.32. The van der Waals surface area contributed by atoms with Crippen LogP contribution in [-0.4, -0.2) is 30.8 Å². The molecule has 0 spiro atoms. The largest absolute Gasteiger partial charge is 0.453 e. The maximum atomic E-state index is 12.1. The van der Waals surface area contributed by atoms with Gasteiger partial charge in [-0.15, -0.1) is 11.3 Å². The van der Waals surface area contributed by atoms with Crippen LogP contribution in [0.25, 0.3) is 0 Å². The van der Waals surface area contributed by atoms with Crippen molar-refractivity contribution in [1.82, 2.24) is 5.32 Å². The Kier molecular flexibility index (Phi) is 8.17. The average Bonchev–Trinajstić information content (AvgIpc) is 3.10. The Bertz CT molecular complexity index is 747. The van der Waals surface area contributed by atoms with Gasteiger partial charge in [0.2, 0.25) is 5.91 Å². The van der Waals surface area contributed by atoms with Crippen LogP contribution < -0.4 is 10.6 Å². The molecular formula is C18H20N2O4S2. The van der Waals surface area contributed by atoms with Gasteiger partial charge in [-0.2, -0.15) is 11.8 Å². The van der Waals surface area contributed by atoms with Crippen LogP contribution in [0.5, 0.6) is 0 Å². The summed E-state index contributed by atoms with van der Waals surface area (Å²) in [5.41, 5.74) is 1.51. The molecule has 1 heterocycles. The maximum absolute atomic E-state index is 12.1. The number of alkyl carbamates (subject to hydrolysis) is 1. The molecule has 2 aromatic rings. The molecule has 0 atom stereocenters. The molecule has 0 aliphatic heterocycles. The van der Waals surface area contributed by atoms with E-state index in [4.69, 9.17) is 0 Å². The van der Waals surface area contributed by atoms with Gasteiger partial charge in [-0.05, 0) is 29.2 Å². The van der Waals surface area contributed by atoms with E-state index >= 15 is 0 Å². The van der Waals surface area contributed by atoms with Gasteiger partial charge in [-0.25, -0.2) is 4.79 Å². The molecule has 0 bridgehead atoms. The van der Waals surface area contributed by atoms with Crippen molar-refractivity contribution in [2.45, 2.75) is 18.6 Å². The van der Waals surface area contributed by atoms with E-state index in [1.54, 1.807) is 23.2 Å². The highest BCUT2D eigenvalue weighted by atomic mass is 32.2. The molecule has 0 radical (unpaired) electrons. The van der Waals surface area contributed by atoms with Crippen LogP contribution in [0.4, 0.5) is 9.80 Å². The summed E-state index contributed by atoms with van der Waals surface area (Å²) >= 11 is 3.01. The van der Waals surface area contributed by atoms with Gasteiger partial charge in [-0.1, -0.05) is 30.3 Å². The number of hydrogen-bond donors (Lipinski definition) is 2. The number of benzene rings is 1. The number of anilines is 1.